The van der Waals surface area contributed by atoms with E-state index < -0.39 is 23.3 Å². The largest absolute Gasteiger partial charge is 0.495 e. The molecule has 3 rings (SSSR count). The van der Waals surface area contributed by atoms with E-state index in [-0.39, 0.29) is 5.56 Å². The van der Waals surface area contributed by atoms with E-state index in [1.54, 1.807) is 42.5 Å². The molecule has 3 aromatic rings. The molecule has 0 aliphatic heterocycles. The molecule has 1 aromatic heterocycles. The van der Waals surface area contributed by atoms with Gasteiger partial charge in [-0.25, -0.2) is 0 Å². The fourth-order valence-electron chi connectivity index (χ4n) is 2.86. The van der Waals surface area contributed by atoms with E-state index in [9.17, 15) is 23.2 Å². The number of nitrogens with one attached hydrogen (secondary N) is 1. The summed E-state index contributed by atoms with van der Waals surface area (Å²) in [4.78, 5) is 12.6. The zero-order chi connectivity index (χ0) is 21.2. The summed E-state index contributed by atoms with van der Waals surface area (Å²) in [6.07, 6.45) is -3.74. The number of nitrogens with zero attached hydrogens (tertiary/aromatic N) is 3. The number of benzene rings is 2. The number of anilines is 1. The van der Waals surface area contributed by atoms with Gasteiger partial charge in [0, 0.05) is 24.5 Å². The van der Waals surface area contributed by atoms with Crippen LogP contribution in [-0.4, -0.2) is 22.8 Å². The van der Waals surface area contributed by atoms with Gasteiger partial charge in [-0.05, 0) is 23.8 Å². The van der Waals surface area contributed by atoms with Crippen molar-refractivity contribution >= 4 is 11.6 Å². The van der Waals surface area contributed by atoms with Gasteiger partial charge in [-0.2, -0.15) is 23.5 Å². The Morgan fingerprint density at radius 2 is 1.97 bits per heavy atom. The van der Waals surface area contributed by atoms with Crippen molar-refractivity contribution in [2.75, 3.05) is 12.4 Å². The summed E-state index contributed by atoms with van der Waals surface area (Å²) >= 11 is 0. The molecular weight excluding hydrogens is 385 g/mol. The number of carbonyl (C=O) groups excluding carboxylic acids is 1. The quantitative estimate of drug-likeness (QED) is 0.711. The lowest BCUT2D eigenvalue weighted by atomic mass is 10.0. The molecule has 0 bridgehead atoms. The topological polar surface area (TPSA) is 79.9 Å². The van der Waals surface area contributed by atoms with Crippen LogP contribution >= 0.6 is 0 Å². The van der Waals surface area contributed by atoms with Crippen LogP contribution in [0.5, 0.6) is 5.75 Å². The van der Waals surface area contributed by atoms with Crippen molar-refractivity contribution in [3.05, 3.63) is 65.5 Å². The van der Waals surface area contributed by atoms with Crippen LogP contribution in [0, 0.1) is 11.3 Å². The van der Waals surface area contributed by atoms with Gasteiger partial charge in [0.2, 0.25) is 0 Å². The molecule has 6 nitrogen and oxygen atoms in total. The van der Waals surface area contributed by atoms with Crippen molar-refractivity contribution < 1.29 is 22.7 Å². The van der Waals surface area contributed by atoms with Gasteiger partial charge in [-0.3, -0.25) is 9.48 Å². The highest BCUT2D eigenvalue weighted by Gasteiger charge is 2.39. The van der Waals surface area contributed by atoms with E-state index in [0.717, 1.165) is 10.9 Å². The number of hydrogen-bond donors (Lipinski definition) is 1. The fourth-order valence-corrected chi connectivity index (χ4v) is 2.86. The third-order valence-electron chi connectivity index (χ3n) is 4.15. The highest BCUT2D eigenvalue weighted by molar-refractivity contribution is 6.07. The molecule has 0 fully saturated rings. The molecule has 0 atom stereocenters. The minimum Gasteiger partial charge on any atom is -0.495 e. The van der Waals surface area contributed by atoms with Crippen LogP contribution in [0.1, 0.15) is 21.6 Å². The first-order valence-corrected chi connectivity index (χ1v) is 8.34. The minimum absolute atomic E-state index is 0.290. The van der Waals surface area contributed by atoms with E-state index in [1.807, 2.05) is 6.07 Å². The summed E-state index contributed by atoms with van der Waals surface area (Å²) in [7, 11) is 2.75. The number of halogens is 3. The van der Waals surface area contributed by atoms with Crippen molar-refractivity contribution in [3.63, 3.8) is 0 Å². The summed E-state index contributed by atoms with van der Waals surface area (Å²) in [5.41, 5.74) is -0.118. The van der Waals surface area contributed by atoms with E-state index in [4.69, 9.17) is 4.74 Å². The summed E-state index contributed by atoms with van der Waals surface area (Å²) in [5.74, 6) is -0.546. The third kappa shape index (κ3) is 4.06. The molecule has 1 amide bonds. The summed E-state index contributed by atoms with van der Waals surface area (Å²) < 4.78 is 45.5. The van der Waals surface area contributed by atoms with Gasteiger partial charge < -0.3 is 10.1 Å². The number of para-hydroxylation sites is 1. The van der Waals surface area contributed by atoms with Gasteiger partial charge in [-0.15, -0.1) is 0 Å². The Morgan fingerprint density at radius 3 is 2.62 bits per heavy atom. The lowest BCUT2D eigenvalue weighted by Crippen LogP contribution is -2.18. The van der Waals surface area contributed by atoms with Gasteiger partial charge in [-0.1, -0.05) is 24.3 Å². The number of amides is 1. The monoisotopic (exact) mass is 400 g/mol. The minimum atomic E-state index is -4.76. The van der Waals surface area contributed by atoms with Gasteiger partial charge in [0.25, 0.3) is 5.91 Å². The fraction of sp³-hybridized carbons (Fsp3) is 0.150. The lowest BCUT2D eigenvalue weighted by Gasteiger charge is -2.13. The number of hydrogen-bond acceptors (Lipinski definition) is 4. The molecule has 9 heteroatoms. The molecule has 0 spiro atoms. The zero-order valence-corrected chi connectivity index (χ0v) is 15.4. The van der Waals surface area contributed by atoms with Crippen molar-refractivity contribution in [1.82, 2.24) is 9.78 Å². The number of alkyl halides is 3. The molecule has 0 saturated heterocycles. The first kappa shape index (κ1) is 19.9. The average Bonchev–Trinajstić information content (AvgIpc) is 3.10. The molecule has 29 heavy (non-hydrogen) atoms. The van der Waals surface area contributed by atoms with Crippen molar-refractivity contribution in [1.29, 1.82) is 5.26 Å². The van der Waals surface area contributed by atoms with Crippen LogP contribution in [0.2, 0.25) is 0 Å². The molecule has 0 unspecified atom stereocenters. The Hall–Kier alpha value is -3.80. The maximum Gasteiger partial charge on any atom is 0.435 e. The number of aryl methyl sites for hydroxylation is 1. The Bertz CT molecular complexity index is 1110. The van der Waals surface area contributed by atoms with E-state index in [1.165, 1.54) is 14.2 Å². The number of nitriles is 1. The second kappa shape index (κ2) is 7.67. The molecule has 148 valence electrons. The van der Waals surface area contributed by atoms with Crippen LogP contribution in [-0.2, 0) is 13.2 Å². The van der Waals surface area contributed by atoms with Crippen molar-refractivity contribution in [3.8, 4) is 22.9 Å². The van der Waals surface area contributed by atoms with Crippen LogP contribution in [0.25, 0.3) is 11.1 Å². The normalized spacial score (nSPS) is 11.0. The number of rotatable bonds is 4. The molecule has 0 aliphatic rings. The predicted octanol–water partition coefficient (Wildman–Crippen LogP) is 4.24. The van der Waals surface area contributed by atoms with E-state index in [0.29, 0.717) is 22.6 Å². The van der Waals surface area contributed by atoms with E-state index >= 15 is 0 Å². The van der Waals surface area contributed by atoms with Gasteiger partial charge >= 0.3 is 6.18 Å². The highest BCUT2D eigenvalue weighted by atomic mass is 19.4. The Balaban J connectivity index is 2.00. The second-order valence-electron chi connectivity index (χ2n) is 6.09. The van der Waals surface area contributed by atoms with Crippen molar-refractivity contribution in [2.24, 2.45) is 7.05 Å². The zero-order valence-electron chi connectivity index (χ0n) is 15.4. The summed E-state index contributed by atoms with van der Waals surface area (Å²) in [5, 5.41) is 15.1. The molecule has 0 aliphatic carbocycles. The SMILES string of the molecule is COc1ccc(-c2ccccc2NC(=O)c2cn(C)nc2C(F)(F)F)cc1C#N. The van der Waals surface area contributed by atoms with E-state index in [2.05, 4.69) is 10.4 Å². The smallest absolute Gasteiger partial charge is 0.435 e. The molecule has 1 N–H and O–H groups in total. The van der Waals surface area contributed by atoms with Gasteiger partial charge in [0.15, 0.2) is 5.69 Å². The molecule has 2 aromatic carbocycles. The molecule has 0 radical (unpaired) electrons. The van der Waals surface area contributed by atoms with Gasteiger partial charge in [0.1, 0.15) is 11.8 Å². The Labute approximate surface area is 164 Å². The predicted molar refractivity (Wildman–Crippen MR) is 99.3 cm³/mol. The summed E-state index contributed by atoms with van der Waals surface area (Å²) in [6.45, 7) is 0. The highest BCUT2D eigenvalue weighted by Crippen LogP contribution is 2.33. The molecule has 0 saturated carbocycles. The van der Waals surface area contributed by atoms with Crippen LogP contribution in [0.4, 0.5) is 18.9 Å². The van der Waals surface area contributed by atoms with Crippen molar-refractivity contribution in [2.45, 2.75) is 6.18 Å². The van der Waals surface area contributed by atoms with Crippen LogP contribution in [0.15, 0.2) is 48.7 Å². The lowest BCUT2D eigenvalue weighted by molar-refractivity contribution is -0.141. The number of methoxy groups -OCH3 is 1. The third-order valence-corrected chi connectivity index (χ3v) is 4.15. The number of aromatic nitrogens is 2. The first-order valence-electron chi connectivity index (χ1n) is 8.34. The second-order valence-corrected chi connectivity index (χ2v) is 6.09. The maximum absolute atomic E-state index is 13.2. The Kier molecular flexibility index (Phi) is 5.28. The van der Waals surface area contributed by atoms with Gasteiger partial charge in [0.05, 0.1) is 18.2 Å². The maximum atomic E-state index is 13.2. The van der Waals surface area contributed by atoms with Crippen LogP contribution < -0.4 is 10.1 Å². The first-order chi connectivity index (χ1) is 13.7. The molecule has 1 heterocycles. The number of carbonyl (C=O) groups is 1. The Morgan fingerprint density at radius 1 is 1.24 bits per heavy atom. The van der Waals surface area contributed by atoms with Crippen LogP contribution in [0.3, 0.4) is 0 Å². The molecular formula is C20H15F3N4O2. The average molecular weight is 400 g/mol. The number of ether oxygens (including phenoxy) is 1. The standard InChI is InChI=1S/C20H15F3N4O2/c1-27-11-15(18(26-27)20(21,22)23)19(28)25-16-6-4-3-5-14(16)12-7-8-17(29-2)13(9-12)10-24/h3-9,11H,1-2H3,(H,25,28). The summed E-state index contributed by atoms with van der Waals surface area (Å²) in [6, 6.07) is 13.5.